The maximum atomic E-state index is 6.11. The van der Waals surface area contributed by atoms with Crippen LogP contribution in [0.4, 0.5) is 0 Å². The van der Waals surface area contributed by atoms with Crippen LogP contribution in [0.5, 0.6) is 0 Å². The molecule has 1 aromatic carbocycles. The zero-order valence-electron chi connectivity index (χ0n) is 12.0. The average Bonchev–Trinajstić information content (AvgIpc) is 2.90. The molecule has 0 spiro atoms. The lowest BCUT2D eigenvalue weighted by Crippen LogP contribution is -2.23. The summed E-state index contributed by atoms with van der Waals surface area (Å²) in [6.45, 7) is 6.91. The third-order valence-electron chi connectivity index (χ3n) is 3.39. The fraction of sp³-hybridized carbons (Fsp3) is 0.467. The van der Waals surface area contributed by atoms with E-state index in [2.05, 4.69) is 35.3 Å². The van der Waals surface area contributed by atoms with E-state index in [1.165, 1.54) is 5.56 Å². The maximum Gasteiger partial charge on any atom is 0.138 e. The van der Waals surface area contributed by atoms with E-state index in [0.717, 1.165) is 36.9 Å². The number of nitrogens with one attached hydrogen (secondary N) is 1. The van der Waals surface area contributed by atoms with Gasteiger partial charge in [0.1, 0.15) is 12.2 Å². The van der Waals surface area contributed by atoms with Crippen LogP contribution in [0.25, 0.3) is 0 Å². The predicted molar refractivity (Wildman–Crippen MR) is 82.1 cm³/mol. The van der Waals surface area contributed by atoms with Crippen molar-refractivity contribution >= 4 is 11.6 Å². The van der Waals surface area contributed by atoms with Crippen LogP contribution in [0, 0.1) is 0 Å². The number of rotatable bonds is 7. The zero-order chi connectivity index (χ0) is 14.4. The first-order chi connectivity index (χ1) is 9.74. The monoisotopic (exact) mass is 292 g/mol. The summed E-state index contributed by atoms with van der Waals surface area (Å²) in [4.78, 5) is 4.37. The van der Waals surface area contributed by atoms with E-state index in [1.54, 1.807) is 6.33 Å². The van der Waals surface area contributed by atoms with Gasteiger partial charge in [0.05, 0.1) is 0 Å². The number of hydrogen-bond acceptors (Lipinski definition) is 3. The van der Waals surface area contributed by atoms with Crippen molar-refractivity contribution in [2.45, 2.75) is 32.7 Å². The Morgan fingerprint density at radius 1 is 1.35 bits per heavy atom. The highest BCUT2D eigenvalue weighted by Gasteiger charge is 2.15. The fourth-order valence-electron chi connectivity index (χ4n) is 2.32. The SMILES string of the molecule is CCNCC(Cc1ncnn1CC)c1cccc(Cl)c1. The van der Waals surface area contributed by atoms with Crippen LogP contribution in [0.1, 0.15) is 31.2 Å². The highest BCUT2D eigenvalue weighted by atomic mass is 35.5. The first kappa shape index (κ1) is 15.0. The Hall–Kier alpha value is -1.39. The number of benzene rings is 1. The topological polar surface area (TPSA) is 42.7 Å². The number of likely N-dealkylation sites (N-methyl/N-ethyl adjacent to an activating group) is 1. The van der Waals surface area contributed by atoms with E-state index in [-0.39, 0.29) is 0 Å². The molecule has 0 amide bonds. The summed E-state index contributed by atoms with van der Waals surface area (Å²) in [6, 6.07) is 8.07. The molecule has 0 saturated heterocycles. The third-order valence-corrected chi connectivity index (χ3v) is 3.62. The summed E-state index contributed by atoms with van der Waals surface area (Å²) in [5.41, 5.74) is 1.24. The van der Waals surface area contributed by atoms with E-state index in [0.29, 0.717) is 5.92 Å². The predicted octanol–water partition coefficient (Wildman–Crippen LogP) is 2.89. The highest BCUT2D eigenvalue weighted by molar-refractivity contribution is 6.30. The van der Waals surface area contributed by atoms with Crippen molar-refractivity contribution in [2.24, 2.45) is 0 Å². The Balaban J connectivity index is 2.19. The molecule has 1 N–H and O–H groups in total. The molecule has 4 nitrogen and oxygen atoms in total. The Bertz CT molecular complexity index is 538. The number of halogens is 1. The van der Waals surface area contributed by atoms with Gasteiger partial charge in [-0.15, -0.1) is 0 Å². The van der Waals surface area contributed by atoms with Crippen LogP contribution >= 0.6 is 11.6 Å². The summed E-state index contributed by atoms with van der Waals surface area (Å²) >= 11 is 6.11. The van der Waals surface area contributed by atoms with Crippen molar-refractivity contribution in [3.8, 4) is 0 Å². The Kier molecular flexibility index (Phi) is 5.56. The summed E-state index contributed by atoms with van der Waals surface area (Å²) in [6.07, 6.45) is 2.49. The molecule has 5 heteroatoms. The molecule has 108 valence electrons. The van der Waals surface area contributed by atoms with Crippen molar-refractivity contribution in [1.82, 2.24) is 20.1 Å². The number of hydrogen-bond donors (Lipinski definition) is 1. The standard InChI is InChI=1S/C15H21ClN4/c1-3-17-10-13(12-6-5-7-14(16)8-12)9-15-18-11-19-20(15)4-2/h5-8,11,13,17H,3-4,9-10H2,1-2H3. The van der Waals surface area contributed by atoms with E-state index in [4.69, 9.17) is 11.6 Å². The molecule has 0 radical (unpaired) electrons. The van der Waals surface area contributed by atoms with Crippen molar-refractivity contribution in [1.29, 1.82) is 0 Å². The molecule has 1 atom stereocenters. The zero-order valence-corrected chi connectivity index (χ0v) is 12.8. The quantitative estimate of drug-likeness (QED) is 0.853. The molecule has 0 aliphatic carbocycles. The van der Waals surface area contributed by atoms with Gasteiger partial charge in [0.15, 0.2) is 0 Å². The lowest BCUT2D eigenvalue weighted by atomic mass is 9.95. The van der Waals surface area contributed by atoms with Crippen LogP contribution < -0.4 is 5.32 Å². The van der Waals surface area contributed by atoms with E-state index in [1.807, 2.05) is 22.9 Å². The van der Waals surface area contributed by atoms with Gasteiger partial charge >= 0.3 is 0 Å². The van der Waals surface area contributed by atoms with Crippen LogP contribution in [-0.4, -0.2) is 27.9 Å². The minimum Gasteiger partial charge on any atom is -0.316 e. The minimum atomic E-state index is 0.350. The molecule has 0 aliphatic rings. The van der Waals surface area contributed by atoms with Crippen molar-refractivity contribution in [2.75, 3.05) is 13.1 Å². The molecule has 1 heterocycles. The van der Waals surface area contributed by atoms with Gasteiger partial charge in [0.25, 0.3) is 0 Å². The molecular formula is C15H21ClN4. The van der Waals surface area contributed by atoms with Gasteiger partial charge < -0.3 is 5.32 Å². The van der Waals surface area contributed by atoms with E-state index < -0.39 is 0 Å². The van der Waals surface area contributed by atoms with Crippen molar-refractivity contribution < 1.29 is 0 Å². The van der Waals surface area contributed by atoms with Gasteiger partial charge in [0.2, 0.25) is 0 Å². The van der Waals surface area contributed by atoms with Crippen LogP contribution in [-0.2, 0) is 13.0 Å². The molecule has 2 aromatic rings. The van der Waals surface area contributed by atoms with Gasteiger partial charge in [-0.1, -0.05) is 30.7 Å². The molecule has 1 aromatic heterocycles. The third kappa shape index (κ3) is 3.81. The second-order valence-corrected chi connectivity index (χ2v) is 5.19. The van der Waals surface area contributed by atoms with E-state index >= 15 is 0 Å². The number of aromatic nitrogens is 3. The molecule has 20 heavy (non-hydrogen) atoms. The minimum absolute atomic E-state index is 0.350. The molecular weight excluding hydrogens is 272 g/mol. The maximum absolute atomic E-state index is 6.11. The summed E-state index contributed by atoms with van der Waals surface area (Å²) in [7, 11) is 0. The van der Waals surface area contributed by atoms with Gasteiger partial charge in [-0.25, -0.2) is 4.98 Å². The van der Waals surface area contributed by atoms with Crippen LogP contribution in [0.15, 0.2) is 30.6 Å². The first-order valence-electron chi connectivity index (χ1n) is 7.07. The fourth-order valence-corrected chi connectivity index (χ4v) is 2.52. The van der Waals surface area contributed by atoms with Crippen LogP contribution in [0.3, 0.4) is 0 Å². The van der Waals surface area contributed by atoms with Gasteiger partial charge in [-0.05, 0) is 31.2 Å². The molecule has 0 bridgehead atoms. The largest absolute Gasteiger partial charge is 0.316 e. The summed E-state index contributed by atoms with van der Waals surface area (Å²) in [5, 5.41) is 8.43. The molecule has 2 rings (SSSR count). The Labute approximate surface area is 125 Å². The Morgan fingerprint density at radius 2 is 2.20 bits per heavy atom. The number of nitrogens with zero attached hydrogens (tertiary/aromatic N) is 3. The lowest BCUT2D eigenvalue weighted by molar-refractivity contribution is 0.544. The molecule has 1 unspecified atom stereocenters. The van der Waals surface area contributed by atoms with Crippen molar-refractivity contribution in [3.63, 3.8) is 0 Å². The summed E-state index contributed by atoms with van der Waals surface area (Å²) < 4.78 is 1.95. The summed E-state index contributed by atoms with van der Waals surface area (Å²) in [5.74, 6) is 1.37. The second-order valence-electron chi connectivity index (χ2n) is 4.76. The van der Waals surface area contributed by atoms with Gasteiger partial charge in [-0.2, -0.15) is 5.10 Å². The smallest absolute Gasteiger partial charge is 0.138 e. The molecule has 0 fully saturated rings. The average molecular weight is 293 g/mol. The van der Waals surface area contributed by atoms with Gasteiger partial charge in [-0.3, -0.25) is 4.68 Å². The normalized spacial score (nSPS) is 12.6. The number of aryl methyl sites for hydroxylation is 1. The second kappa shape index (κ2) is 7.41. The molecule has 0 aliphatic heterocycles. The van der Waals surface area contributed by atoms with Crippen LogP contribution in [0.2, 0.25) is 5.02 Å². The lowest BCUT2D eigenvalue weighted by Gasteiger charge is -2.18. The highest BCUT2D eigenvalue weighted by Crippen LogP contribution is 2.22. The first-order valence-corrected chi connectivity index (χ1v) is 7.45. The van der Waals surface area contributed by atoms with Crippen molar-refractivity contribution in [3.05, 3.63) is 47.0 Å². The van der Waals surface area contributed by atoms with E-state index in [9.17, 15) is 0 Å². The molecule has 0 saturated carbocycles. The Morgan fingerprint density at radius 3 is 2.90 bits per heavy atom. The van der Waals surface area contributed by atoms with Gasteiger partial charge in [0, 0.05) is 30.5 Å².